The molecule has 3 rings (SSSR count). The Morgan fingerprint density at radius 2 is 1.54 bits per heavy atom. The molecule has 0 saturated carbocycles. The lowest BCUT2D eigenvalue weighted by molar-refractivity contribution is 0.482. The number of hydrogen-bond acceptors (Lipinski definition) is 4. The van der Waals surface area contributed by atoms with Crippen molar-refractivity contribution in [1.29, 1.82) is 0 Å². The average molecular weight is 399 g/mol. The number of nitrogens with zero attached hydrogens (tertiary/aromatic N) is 2. The Hall–Kier alpha value is -2.86. The van der Waals surface area contributed by atoms with Gasteiger partial charge < -0.3 is 4.74 Å². The van der Waals surface area contributed by atoms with E-state index in [-0.39, 0.29) is 12.3 Å². The molecule has 1 heterocycles. The van der Waals surface area contributed by atoms with Crippen LogP contribution in [0.3, 0.4) is 0 Å². The average Bonchev–Trinajstić information content (AvgIpc) is 2.75. The fourth-order valence-electron chi connectivity index (χ4n) is 2.47. The van der Waals surface area contributed by atoms with Crippen molar-refractivity contribution in [3.8, 4) is 11.5 Å². The van der Waals surface area contributed by atoms with Crippen LogP contribution in [0.25, 0.3) is 0 Å². The fourth-order valence-corrected chi connectivity index (χ4v) is 3.57. The van der Waals surface area contributed by atoms with E-state index in [1.54, 1.807) is 49.6 Å². The molecule has 0 atom stereocenters. The van der Waals surface area contributed by atoms with Crippen LogP contribution in [0.1, 0.15) is 26.3 Å². The summed E-state index contributed by atoms with van der Waals surface area (Å²) in [6.07, 6.45) is 3.34. The number of para-hydroxylation sites is 1. The van der Waals surface area contributed by atoms with Crippen molar-refractivity contribution < 1.29 is 13.2 Å². The van der Waals surface area contributed by atoms with Crippen molar-refractivity contribution in [2.45, 2.75) is 27.3 Å². The number of rotatable bonds is 7. The monoisotopic (exact) mass is 398 g/mol. The standard InChI is InChI=1S/C20H20N2O3S.C2H6/c1-2-26(23,24)22(16-17-7-6-14-21-15-17)18-10-12-20(13-11-18)25-19-8-4-3-5-9-19;1-2/h3-15H,2,16H2,1H3;1-2H3. The minimum absolute atomic E-state index is 0.0233. The van der Waals surface area contributed by atoms with Gasteiger partial charge in [-0.15, -0.1) is 0 Å². The van der Waals surface area contributed by atoms with Gasteiger partial charge in [0.05, 0.1) is 18.0 Å². The predicted octanol–water partition coefficient (Wildman–Crippen LogP) is 5.26. The second-order valence-electron chi connectivity index (χ2n) is 5.68. The van der Waals surface area contributed by atoms with Gasteiger partial charge in [0.1, 0.15) is 11.5 Å². The van der Waals surface area contributed by atoms with E-state index in [2.05, 4.69) is 4.98 Å². The summed E-state index contributed by atoms with van der Waals surface area (Å²) in [4.78, 5) is 4.06. The van der Waals surface area contributed by atoms with Crippen LogP contribution >= 0.6 is 0 Å². The topological polar surface area (TPSA) is 59.5 Å². The molecule has 0 aliphatic heterocycles. The maximum atomic E-state index is 12.6. The summed E-state index contributed by atoms with van der Waals surface area (Å²) in [5.74, 6) is 1.40. The molecule has 148 valence electrons. The first-order valence-electron chi connectivity index (χ1n) is 9.31. The van der Waals surface area contributed by atoms with Gasteiger partial charge in [-0.25, -0.2) is 8.42 Å². The van der Waals surface area contributed by atoms with Crippen molar-refractivity contribution in [3.05, 3.63) is 84.7 Å². The third kappa shape index (κ3) is 5.82. The zero-order valence-corrected chi connectivity index (χ0v) is 17.3. The van der Waals surface area contributed by atoms with Crippen LogP contribution in [0.2, 0.25) is 0 Å². The van der Waals surface area contributed by atoms with Crippen molar-refractivity contribution in [2.75, 3.05) is 10.1 Å². The molecule has 0 radical (unpaired) electrons. The van der Waals surface area contributed by atoms with Crippen LogP contribution in [0.15, 0.2) is 79.1 Å². The van der Waals surface area contributed by atoms with Crippen molar-refractivity contribution in [1.82, 2.24) is 4.98 Å². The van der Waals surface area contributed by atoms with E-state index in [0.29, 0.717) is 11.4 Å². The van der Waals surface area contributed by atoms with Crippen molar-refractivity contribution in [3.63, 3.8) is 0 Å². The highest BCUT2D eigenvalue weighted by Crippen LogP contribution is 2.27. The lowest BCUT2D eigenvalue weighted by atomic mass is 10.2. The lowest BCUT2D eigenvalue weighted by Gasteiger charge is -2.24. The Labute approximate surface area is 167 Å². The molecule has 5 nitrogen and oxygen atoms in total. The summed E-state index contributed by atoms with van der Waals surface area (Å²) < 4.78 is 32.3. The molecule has 0 aliphatic carbocycles. The smallest absolute Gasteiger partial charge is 0.235 e. The van der Waals surface area contributed by atoms with Gasteiger partial charge in [-0.2, -0.15) is 0 Å². The van der Waals surface area contributed by atoms with Crippen LogP contribution in [-0.2, 0) is 16.6 Å². The van der Waals surface area contributed by atoms with Crippen LogP contribution in [0.5, 0.6) is 11.5 Å². The highest BCUT2D eigenvalue weighted by molar-refractivity contribution is 7.92. The Bertz CT molecular complexity index is 929. The van der Waals surface area contributed by atoms with Crippen LogP contribution < -0.4 is 9.04 Å². The van der Waals surface area contributed by atoms with Gasteiger partial charge in [-0.3, -0.25) is 9.29 Å². The van der Waals surface area contributed by atoms with Gasteiger partial charge >= 0.3 is 0 Å². The number of anilines is 1. The second kappa shape index (κ2) is 10.5. The Morgan fingerprint density at radius 3 is 2.11 bits per heavy atom. The van der Waals surface area contributed by atoms with E-state index in [1.165, 1.54) is 4.31 Å². The molecule has 0 amide bonds. The van der Waals surface area contributed by atoms with E-state index >= 15 is 0 Å². The zero-order chi connectivity index (χ0) is 20.4. The van der Waals surface area contributed by atoms with Gasteiger partial charge in [0.2, 0.25) is 10.0 Å². The van der Waals surface area contributed by atoms with Gasteiger partial charge in [-0.1, -0.05) is 38.1 Å². The summed E-state index contributed by atoms with van der Waals surface area (Å²) in [5, 5.41) is 0. The minimum atomic E-state index is -3.42. The van der Waals surface area contributed by atoms with Crippen LogP contribution in [0.4, 0.5) is 5.69 Å². The summed E-state index contributed by atoms with van der Waals surface area (Å²) in [6.45, 7) is 5.88. The number of ether oxygens (including phenoxy) is 1. The first-order valence-corrected chi connectivity index (χ1v) is 10.9. The molecule has 0 fully saturated rings. The molecule has 0 N–H and O–H groups in total. The van der Waals surface area contributed by atoms with Crippen molar-refractivity contribution >= 4 is 15.7 Å². The predicted molar refractivity (Wildman–Crippen MR) is 114 cm³/mol. The molecule has 6 heteroatoms. The largest absolute Gasteiger partial charge is 0.457 e. The van der Waals surface area contributed by atoms with Crippen LogP contribution in [-0.4, -0.2) is 19.2 Å². The molecule has 0 unspecified atom stereocenters. The highest BCUT2D eigenvalue weighted by Gasteiger charge is 2.21. The number of hydrogen-bond donors (Lipinski definition) is 0. The van der Waals surface area contributed by atoms with Gasteiger partial charge in [0.25, 0.3) is 0 Å². The molecule has 3 aromatic rings. The fraction of sp³-hybridized carbons (Fsp3) is 0.227. The molecule has 28 heavy (non-hydrogen) atoms. The molecular formula is C22H26N2O3S. The molecule has 1 aromatic heterocycles. The normalized spacial score (nSPS) is 10.5. The summed E-state index contributed by atoms with van der Waals surface area (Å²) >= 11 is 0. The number of pyridine rings is 1. The maximum Gasteiger partial charge on any atom is 0.235 e. The Kier molecular flexibility index (Phi) is 8.02. The third-order valence-electron chi connectivity index (χ3n) is 3.85. The lowest BCUT2D eigenvalue weighted by Crippen LogP contribution is -2.31. The summed E-state index contributed by atoms with van der Waals surface area (Å²) in [7, 11) is -3.42. The molecular weight excluding hydrogens is 372 g/mol. The molecule has 2 aromatic carbocycles. The Balaban J connectivity index is 0.00000136. The van der Waals surface area contributed by atoms with Crippen LogP contribution in [0, 0.1) is 0 Å². The minimum Gasteiger partial charge on any atom is -0.457 e. The first kappa shape index (κ1) is 21.4. The van der Waals surface area contributed by atoms with Gasteiger partial charge in [0, 0.05) is 12.4 Å². The highest BCUT2D eigenvalue weighted by atomic mass is 32.2. The summed E-state index contributed by atoms with van der Waals surface area (Å²) in [5.41, 5.74) is 1.42. The molecule has 0 spiro atoms. The van der Waals surface area contributed by atoms with E-state index in [1.807, 2.05) is 50.2 Å². The van der Waals surface area contributed by atoms with Crippen molar-refractivity contribution in [2.24, 2.45) is 0 Å². The number of benzene rings is 2. The van der Waals surface area contributed by atoms with E-state index in [4.69, 9.17) is 4.74 Å². The number of sulfonamides is 1. The van der Waals surface area contributed by atoms with Gasteiger partial charge in [-0.05, 0) is 55.0 Å². The first-order chi connectivity index (χ1) is 13.6. The van der Waals surface area contributed by atoms with E-state index < -0.39 is 10.0 Å². The Morgan fingerprint density at radius 1 is 0.893 bits per heavy atom. The second-order valence-corrected chi connectivity index (χ2v) is 7.86. The zero-order valence-electron chi connectivity index (χ0n) is 16.4. The van der Waals surface area contributed by atoms with E-state index in [0.717, 1.165) is 11.3 Å². The quantitative estimate of drug-likeness (QED) is 0.545. The molecule has 0 aliphatic rings. The van der Waals surface area contributed by atoms with Gasteiger partial charge in [0.15, 0.2) is 0 Å². The third-order valence-corrected chi connectivity index (χ3v) is 5.59. The summed E-state index contributed by atoms with van der Waals surface area (Å²) in [6, 6.07) is 20.1. The number of aromatic nitrogens is 1. The molecule has 0 bridgehead atoms. The SMILES string of the molecule is CC.CCS(=O)(=O)N(Cc1cccnc1)c1ccc(Oc2ccccc2)cc1. The molecule has 0 saturated heterocycles. The maximum absolute atomic E-state index is 12.6. The van der Waals surface area contributed by atoms with E-state index in [9.17, 15) is 8.42 Å².